The van der Waals surface area contributed by atoms with Gasteiger partial charge in [-0.3, -0.25) is 4.79 Å². The molecular formula is C15H11BrCl2O. The van der Waals surface area contributed by atoms with Crippen molar-refractivity contribution in [2.24, 2.45) is 0 Å². The fraction of sp³-hybridized carbons (Fsp3) is 0.133. The van der Waals surface area contributed by atoms with Crippen LogP contribution < -0.4 is 0 Å². The molecule has 0 saturated carbocycles. The van der Waals surface area contributed by atoms with Gasteiger partial charge < -0.3 is 0 Å². The SMILES string of the molecule is Cc1cc(Br)ccc1C(=O)Cc1ccc(Cl)c(Cl)c1. The first-order valence-corrected chi connectivity index (χ1v) is 7.25. The zero-order chi connectivity index (χ0) is 14.0. The van der Waals surface area contributed by atoms with Gasteiger partial charge in [0.2, 0.25) is 0 Å². The van der Waals surface area contributed by atoms with Crippen molar-refractivity contribution in [1.29, 1.82) is 0 Å². The van der Waals surface area contributed by atoms with Crippen LogP contribution in [0.3, 0.4) is 0 Å². The molecule has 0 aromatic heterocycles. The molecule has 4 heteroatoms. The number of halogens is 3. The van der Waals surface area contributed by atoms with Crippen LogP contribution in [0.15, 0.2) is 40.9 Å². The Morgan fingerprint density at radius 2 is 1.84 bits per heavy atom. The highest BCUT2D eigenvalue weighted by molar-refractivity contribution is 9.10. The minimum atomic E-state index is 0.0726. The summed E-state index contributed by atoms with van der Waals surface area (Å²) in [5, 5.41) is 0.970. The third kappa shape index (κ3) is 3.59. The summed E-state index contributed by atoms with van der Waals surface area (Å²) >= 11 is 15.2. The largest absolute Gasteiger partial charge is 0.294 e. The van der Waals surface area contributed by atoms with Gasteiger partial charge in [-0.25, -0.2) is 0 Å². The molecule has 2 rings (SSSR count). The van der Waals surface area contributed by atoms with E-state index in [2.05, 4.69) is 15.9 Å². The Morgan fingerprint density at radius 3 is 2.47 bits per heavy atom. The van der Waals surface area contributed by atoms with E-state index in [0.29, 0.717) is 16.5 Å². The number of ketones is 1. The third-order valence-electron chi connectivity index (χ3n) is 2.84. The third-order valence-corrected chi connectivity index (χ3v) is 4.07. The van der Waals surface area contributed by atoms with E-state index in [-0.39, 0.29) is 5.78 Å². The van der Waals surface area contributed by atoms with Gasteiger partial charge in [0.25, 0.3) is 0 Å². The summed E-state index contributed by atoms with van der Waals surface area (Å²) in [6.07, 6.45) is 0.319. The molecule has 19 heavy (non-hydrogen) atoms. The van der Waals surface area contributed by atoms with Crippen LogP contribution in [-0.4, -0.2) is 5.78 Å². The summed E-state index contributed by atoms with van der Waals surface area (Å²) in [5.74, 6) is 0.0726. The highest BCUT2D eigenvalue weighted by Crippen LogP contribution is 2.24. The number of aryl methyl sites for hydroxylation is 1. The summed E-state index contributed by atoms with van der Waals surface area (Å²) in [6, 6.07) is 10.9. The molecule has 0 unspecified atom stereocenters. The molecule has 0 atom stereocenters. The van der Waals surface area contributed by atoms with Gasteiger partial charge in [0, 0.05) is 16.5 Å². The standard InChI is InChI=1S/C15H11BrCl2O/c1-9-6-11(16)3-4-12(9)15(19)8-10-2-5-13(17)14(18)7-10/h2-7H,8H2,1H3. The van der Waals surface area contributed by atoms with Gasteiger partial charge in [0.15, 0.2) is 5.78 Å². The topological polar surface area (TPSA) is 17.1 Å². The Bertz CT molecular complexity index is 638. The van der Waals surface area contributed by atoms with E-state index in [1.165, 1.54) is 0 Å². The number of hydrogen-bond donors (Lipinski definition) is 0. The van der Waals surface area contributed by atoms with Gasteiger partial charge in [-0.2, -0.15) is 0 Å². The maximum absolute atomic E-state index is 12.3. The van der Waals surface area contributed by atoms with Crippen molar-refractivity contribution in [2.75, 3.05) is 0 Å². The highest BCUT2D eigenvalue weighted by Gasteiger charge is 2.11. The Kier molecular flexibility index (Phi) is 4.67. The molecule has 0 amide bonds. The minimum absolute atomic E-state index is 0.0726. The van der Waals surface area contributed by atoms with Crippen molar-refractivity contribution in [3.63, 3.8) is 0 Å². The number of carbonyl (C=O) groups excluding carboxylic acids is 1. The second-order valence-electron chi connectivity index (χ2n) is 4.31. The summed E-state index contributed by atoms with van der Waals surface area (Å²) in [7, 11) is 0. The molecule has 0 radical (unpaired) electrons. The molecule has 1 nitrogen and oxygen atoms in total. The van der Waals surface area contributed by atoms with Gasteiger partial charge in [-0.05, 0) is 42.3 Å². The number of rotatable bonds is 3. The molecule has 98 valence electrons. The predicted octanol–water partition coefficient (Wildman–Crippen LogP) is 5.49. The van der Waals surface area contributed by atoms with Crippen molar-refractivity contribution in [3.05, 3.63) is 67.6 Å². The predicted molar refractivity (Wildman–Crippen MR) is 83.4 cm³/mol. The van der Waals surface area contributed by atoms with E-state index in [1.54, 1.807) is 12.1 Å². The Hall–Kier alpha value is -0.830. The van der Waals surface area contributed by atoms with Crippen molar-refractivity contribution in [1.82, 2.24) is 0 Å². The molecule has 0 aliphatic carbocycles. The van der Waals surface area contributed by atoms with E-state index in [4.69, 9.17) is 23.2 Å². The van der Waals surface area contributed by atoms with E-state index in [1.807, 2.05) is 31.2 Å². The van der Waals surface area contributed by atoms with Crippen molar-refractivity contribution in [2.45, 2.75) is 13.3 Å². The highest BCUT2D eigenvalue weighted by atomic mass is 79.9. The van der Waals surface area contributed by atoms with Crippen LogP contribution in [0.4, 0.5) is 0 Å². The zero-order valence-electron chi connectivity index (χ0n) is 10.2. The summed E-state index contributed by atoms with van der Waals surface area (Å²) < 4.78 is 0.969. The molecule has 0 heterocycles. The molecule has 2 aromatic carbocycles. The van der Waals surface area contributed by atoms with Gasteiger partial charge in [0.1, 0.15) is 0 Å². The van der Waals surface area contributed by atoms with Crippen LogP contribution in [-0.2, 0) is 6.42 Å². The van der Waals surface area contributed by atoms with Crippen LogP contribution in [0.1, 0.15) is 21.5 Å². The quantitative estimate of drug-likeness (QED) is 0.664. The van der Waals surface area contributed by atoms with Crippen molar-refractivity contribution >= 4 is 44.9 Å². The number of carbonyl (C=O) groups is 1. The average Bonchev–Trinajstić information content (AvgIpc) is 2.33. The molecule has 0 aliphatic heterocycles. The molecule has 0 bridgehead atoms. The first-order valence-electron chi connectivity index (χ1n) is 5.70. The number of benzene rings is 2. The number of hydrogen-bond acceptors (Lipinski definition) is 1. The normalized spacial score (nSPS) is 10.5. The van der Waals surface area contributed by atoms with Crippen LogP contribution >= 0.6 is 39.1 Å². The Balaban J connectivity index is 2.23. The molecular weight excluding hydrogens is 347 g/mol. The average molecular weight is 358 g/mol. The molecule has 0 N–H and O–H groups in total. The van der Waals surface area contributed by atoms with E-state index in [9.17, 15) is 4.79 Å². The monoisotopic (exact) mass is 356 g/mol. The van der Waals surface area contributed by atoms with Crippen LogP contribution in [0.2, 0.25) is 10.0 Å². The lowest BCUT2D eigenvalue weighted by molar-refractivity contribution is 0.0992. The van der Waals surface area contributed by atoms with Gasteiger partial charge in [-0.15, -0.1) is 0 Å². The van der Waals surface area contributed by atoms with Gasteiger partial charge >= 0.3 is 0 Å². The second-order valence-corrected chi connectivity index (χ2v) is 6.04. The fourth-order valence-corrected chi connectivity index (χ4v) is 2.67. The Labute approximate surface area is 130 Å². The van der Waals surface area contributed by atoms with Crippen molar-refractivity contribution < 1.29 is 4.79 Å². The lowest BCUT2D eigenvalue weighted by atomic mass is 9.99. The van der Waals surface area contributed by atoms with E-state index < -0.39 is 0 Å². The van der Waals surface area contributed by atoms with Gasteiger partial charge in [-0.1, -0.05) is 51.3 Å². The molecule has 0 fully saturated rings. The molecule has 0 aliphatic rings. The lowest BCUT2D eigenvalue weighted by Gasteiger charge is -2.06. The van der Waals surface area contributed by atoms with E-state index in [0.717, 1.165) is 21.2 Å². The summed E-state index contributed by atoms with van der Waals surface area (Å²) in [4.78, 5) is 12.3. The zero-order valence-corrected chi connectivity index (χ0v) is 13.3. The summed E-state index contributed by atoms with van der Waals surface area (Å²) in [6.45, 7) is 1.92. The minimum Gasteiger partial charge on any atom is -0.294 e. The van der Waals surface area contributed by atoms with Crippen LogP contribution in [0.25, 0.3) is 0 Å². The Morgan fingerprint density at radius 1 is 1.11 bits per heavy atom. The number of Topliss-reactive ketones (excluding diaryl/α,β-unsaturated/α-hetero) is 1. The second kappa shape index (κ2) is 6.08. The smallest absolute Gasteiger partial charge is 0.167 e. The van der Waals surface area contributed by atoms with Crippen LogP contribution in [0.5, 0.6) is 0 Å². The molecule has 2 aromatic rings. The maximum atomic E-state index is 12.3. The maximum Gasteiger partial charge on any atom is 0.167 e. The summed E-state index contributed by atoms with van der Waals surface area (Å²) in [5.41, 5.74) is 2.55. The fourth-order valence-electron chi connectivity index (χ4n) is 1.87. The van der Waals surface area contributed by atoms with Crippen LogP contribution in [0, 0.1) is 6.92 Å². The first kappa shape index (κ1) is 14.6. The molecule has 0 saturated heterocycles. The first-order chi connectivity index (χ1) is 8.97. The molecule has 0 spiro atoms. The van der Waals surface area contributed by atoms with E-state index >= 15 is 0 Å². The van der Waals surface area contributed by atoms with Crippen molar-refractivity contribution in [3.8, 4) is 0 Å². The lowest BCUT2D eigenvalue weighted by Crippen LogP contribution is -2.05. The van der Waals surface area contributed by atoms with Gasteiger partial charge in [0.05, 0.1) is 10.0 Å².